The average Bonchev–Trinajstić information content (AvgIpc) is 2.49. The molecule has 4 heteroatoms. The van der Waals surface area contributed by atoms with E-state index in [1.807, 2.05) is 19.2 Å². The number of halogens is 1. The van der Waals surface area contributed by atoms with Gasteiger partial charge in [0.15, 0.2) is 0 Å². The Hall–Kier alpha value is -0.770. The van der Waals surface area contributed by atoms with E-state index in [1.54, 1.807) is 0 Å². The molecule has 0 heterocycles. The number of para-hydroxylation sites is 1. The van der Waals surface area contributed by atoms with Crippen molar-refractivity contribution < 1.29 is 0 Å². The number of hydrogen-bond acceptors (Lipinski definition) is 3. The highest BCUT2D eigenvalue weighted by molar-refractivity contribution is 6.33. The largest absolute Gasteiger partial charge is 0.370 e. The van der Waals surface area contributed by atoms with E-state index in [4.69, 9.17) is 11.6 Å². The van der Waals surface area contributed by atoms with Gasteiger partial charge in [-0.15, -0.1) is 0 Å². The van der Waals surface area contributed by atoms with Gasteiger partial charge in [0.1, 0.15) is 0 Å². The molecule has 0 bridgehead atoms. The minimum absolute atomic E-state index is 0.850. The van der Waals surface area contributed by atoms with Gasteiger partial charge in [0.25, 0.3) is 0 Å². The topological polar surface area (TPSA) is 18.5 Å². The SMILES string of the molecule is CCN(CC)CCCN(CC)c1c(Cl)cccc1CNC. The summed E-state index contributed by atoms with van der Waals surface area (Å²) in [5.41, 5.74) is 2.46. The molecular formula is C17H30ClN3. The van der Waals surface area contributed by atoms with Crippen LogP contribution in [0.5, 0.6) is 0 Å². The van der Waals surface area contributed by atoms with Crippen molar-refractivity contribution in [2.24, 2.45) is 0 Å². The number of nitrogens with zero attached hydrogens (tertiary/aromatic N) is 2. The van der Waals surface area contributed by atoms with Gasteiger partial charge in [-0.3, -0.25) is 0 Å². The van der Waals surface area contributed by atoms with Crippen molar-refractivity contribution in [2.45, 2.75) is 33.7 Å². The summed E-state index contributed by atoms with van der Waals surface area (Å²) in [6, 6.07) is 6.18. The smallest absolute Gasteiger partial charge is 0.0642 e. The lowest BCUT2D eigenvalue weighted by molar-refractivity contribution is 0.300. The number of anilines is 1. The third-order valence-corrected chi connectivity index (χ3v) is 4.24. The van der Waals surface area contributed by atoms with Crippen LogP contribution in [0.25, 0.3) is 0 Å². The van der Waals surface area contributed by atoms with E-state index in [1.165, 1.54) is 17.7 Å². The summed E-state index contributed by atoms with van der Waals surface area (Å²) in [4.78, 5) is 4.87. The van der Waals surface area contributed by atoms with Crippen molar-refractivity contribution in [2.75, 3.05) is 44.7 Å². The summed E-state index contributed by atoms with van der Waals surface area (Å²) >= 11 is 6.45. The lowest BCUT2D eigenvalue weighted by Gasteiger charge is -2.28. The Labute approximate surface area is 135 Å². The van der Waals surface area contributed by atoms with E-state index >= 15 is 0 Å². The van der Waals surface area contributed by atoms with Gasteiger partial charge in [-0.1, -0.05) is 37.6 Å². The highest BCUT2D eigenvalue weighted by Crippen LogP contribution is 2.30. The van der Waals surface area contributed by atoms with Crippen molar-refractivity contribution in [3.05, 3.63) is 28.8 Å². The van der Waals surface area contributed by atoms with Crippen LogP contribution in [-0.4, -0.2) is 44.7 Å². The second kappa shape index (κ2) is 10.0. The second-order valence-electron chi connectivity index (χ2n) is 5.24. The third-order valence-electron chi connectivity index (χ3n) is 3.93. The van der Waals surface area contributed by atoms with Gasteiger partial charge in [0, 0.05) is 19.6 Å². The fourth-order valence-corrected chi connectivity index (χ4v) is 3.01. The molecule has 0 aliphatic heterocycles. The van der Waals surface area contributed by atoms with Crippen LogP contribution in [0.3, 0.4) is 0 Å². The molecule has 0 aromatic heterocycles. The number of rotatable bonds is 10. The quantitative estimate of drug-likeness (QED) is 0.712. The van der Waals surface area contributed by atoms with Crippen molar-refractivity contribution in [1.82, 2.24) is 10.2 Å². The Morgan fingerprint density at radius 1 is 1.05 bits per heavy atom. The van der Waals surface area contributed by atoms with Crippen LogP contribution in [0.4, 0.5) is 5.69 Å². The molecule has 0 spiro atoms. The second-order valence-corrected chi connectivity index (χ2v) is 5.65. The molecule has 3 nitrogen and oxygen atoms in total. The molecule has 0 aliphatic carbocycles. The summed E-state index contributed by atoms with van der Waals surface area (Å²) in [5, 5.41) is 4.08. The van der Waals surface area contributed by atoms with Crippen LogP contribution in [0.2, 0.25) is 5.02 Å². The molecule has 0 amide bonds. The zero-order chi connectivity index (χ0) is 15.7. The summed E-state index contributed by atoms with van der Waals surface area (Å²) in [6.07, 6.45) is 1.17. The van der Waals surface area contributed by atoms with Gasteiger partial charge < -0.3 is 15.1 Å². The number of hydrogen-bond donors (Lipinski definition) is 1. The van der Waals surface area contributed by atoms with E-state index in [9.17, 15) is 0 Å². The maximum absolute atomic E-state index is 6.45. The summed E-state index contributed by atoms with van der Waals surface area (Å²) in [7, 11) is 1.97. The molecule has 0 saturated heterocycles. The molecule has 120 valence electrons. The van der Waals surface area contributed by atoms with E-state index in [-0.39, 0.29) is 0 Å². The zero-order valence-electron chi connectivity index (χ0n) is 14.0. The lowest BCUT2D eigenvalue weighted by atomic mass is 10.1. The van der Waals surface area contributed by atoms with Crippen LogP contribution < -0.4 is 10.2 Å². The van der Waals surface area contributed by atoms with Gasteiger partial charge in [-0.25, -0.2) is 0 Å². The first kappa shape index (κ1) is 18.3. The molecule has 0 saturated carbocycles. The van der Waals surface area contributed by atoms with E-state index < -0.39 is 0 Å². The van der Waals surface area contributed by atoms with Crippen LogP contribution in [-0.2, 0) is 6.54 Å². The molecular weight excluding hydrogens is 282 g/mol. The Kier molecular flexibility index (Phi) is 8.74. The first-order valence-electron chi connectivity index (χ1n) is 8.07. The minimum Gasteiger partial charge on any atom is -0.370 e. The van der Waals surface area contributed by atoms with Gasteiger partial charge >= 0.3 is 0 Å². The predicted molar refractivity (Wildman–Crippen MR) is 94.5 cm³/mol. The van der Waals surface area contributed by atoms with Crippen LogP contribution in [0.1, 0.15) is 32.8 Å². The fraction of sp³-hybridized carbons (Fsp3) is 0.647. The third kappa shape index (κ3) is 5.50. The minimum atomic E-state index is 0.850. The standard InChI is InChI=1S/C17H30ClN3/c1-5-20(6-2)12-9-13-21(7-3)17-15(14-19-4)10-8-11-16(17)18/h8,10-11,19H,5-7,9,12-14H2,1-4H3. The van der Waals surface area contributed by atoms with Gasteiger partial charge in [-0.05, 0) is 51.7 Å². The molecule has 0 fully saturated rings. The molecule has 0 radical (unpaired) electrons. The van der Waals surface area contributed by atoms with Crippen LogP contribution >= 0.6 is 11.6 Å². The summed E-state index contributed by atoms with van der Waals surface area (Å²) < 4.78 is 0. The van der Waals surface area contributed by atoms with Gasteiger partial charge in [0.2, 0.25) is 0 Å². The molecule has 21 heavy (non-hydrogen) atoms. The van der Waals surface area contributed by atoms with Crippen molar-refractivity contribution in [3.63, 3.8) is 0 Å². The van der Waals surface area contributed by atoms with E-state index in [0.717, 1.165) is 44.3 Å². The Morgan fingerprint density at radius 2 is 1.76 bits per heavy atom. The molecule has 0 atom stereocenters. The zero-order valence-corrected chi connectivity index (χ0v) is 14.7. The molecule has 0 unspecified atom stereocenters. The maximum Gasteiger partial charge on any atom is 0.0642 e. The first-order valence-corrected chi connectivity index (χ1v) is 8.44. The van der Waals surface area contributed by atoms with Crippen LogP contribution in [0.15, 0.2) is 18.2 Å². The van der Waals surface area contributed by atoms with Crippen LogP contribution in [0, 0.1) is 0 Å². The maximum atomic E-state index is 6.45. The van der Waals surface area contributed by atoms with Gasteiger partial charge in [0.05, 0.1) is 10.7 Å². The van der Waals surface area contributed by atoms with Crippen molar-refractivity contribution in [3.8, 4) is 0 Å². The Morgan fingerprint density at radius 3 is 2.33 bits per heavy atom. The summed E-state index contributed by atoms with van der Waals surface area (Å²) in [6.45, 7) is 12.9. The number of benzene rings is 1. The predicted octanol–water partition coefficient (Wildman–Crippen LogP) is 3.62. The first-order chi connectivity index (χ1) is 10.2. The summed E-state index contributed by atoms with van der Waals surface area (Å²) in [5.74, 6) is 0. The highest BCUT2D eigenvalue weighted by atomic mass is 35.5. The lowest BCUT2D eigenvalue weighted by Crippen LogP contribution is -2.31. The van der Waals surface area contributed by atoms with Crippen molar-refractivity contribution >= 4 is 17.3 Å². The molecule has 1 N–H and O–H groups in total. The van der Waals surface area contributed by atoms with Gasteiger partial charge in [-0.2, -0.15) is 0 Å². The molecule has 1 rings (SSSR count). The highest BCUT2D eigenvalue weighted by Gasteiger charge is 2.13. The van der Waals surface area contributed by atoms with E-state index in [0.29, 0.717) is 0 Å². The Balaban J connectivity index is 2.75. The molecule has 1 aromatic carbocycles. The normalized spacial score (nSPS) is 11.1. The van der Waals surface area contributed by atoms with Crippen molar-refractivity contribution in [1.29, 1.82) is 0 Å². The Bertz CT molecular complexity index is 405. The molecule has 0 aliphatic rings. The fourth-order valence-electron chi connectivity index (χ4n) is 2.70. The average molecular weight is 312 g/mol. The monoisotopic (exact) mass is 311 g/mol. The van der Waals surface area contributed by atoms with E-state index in [2.05, 4.69) is 42.0 Å². The number of nitrogens with one attached hydrogen (secondary N) is 1. The molecule has 1 aromatic rings.